The van der Waals surface area contributed by atoms with Gasteiger partial charge in [-0.2, -0.15) is 0 Å². The molecule has 0 aliphatic carbocycles. The van der Waals surface area contributed by atoms with Crippen LogP contribution in [-0.2, 0) is 4.74 Å². The molecule has 0 N–H and O–H groups in total. The van der Waals surface area contributed by atoms with Gasteiger partial charge in [0.25, 0.3) is 0 Å². The summed E-state index contributed by atoms with van der Waals surface area (Å²) in [4.78, 5) is 0. The van der Waals surface area contributed by atoms with Gasteiger partial charge in [0.15, 0.2) is 0 Å². The van der Waals surface area contributed by atoms with Crippen molar-refractivity contribution in [2.24, 2.45) is 0 Å². The van der Waals surface area contributed by atoms with E-state index in [4.69, 9.17) is 11.2 Å². The Kier molecular flexibility index (Phi) is 2.56. The van der Waals surface area contributed by atoms with E-state index < -0.39 is 0 Å². The summed E-state index contributed by atoms with van der Waals surface area (Å²) in [6.07, 6.45) is 5.98. The van der Waals surface area contributed by atoms with E-state index in [-0.39, 0.29) is 6.10 Å². The third-order valence-corrected chi connectivity index (χ3v) is 1.28. The molecule has 1 aliphatic rings. The second-order valence-corrected chi connectivity index (χ2v) is 2.03. The first kappa shape index (κ1) is 6.60. The maximum absolute atomic E-state index is 5.28. The monoisotopic (exact) mass is 124 g/mol. The molecule has 1 saturated heterocycles. The van der Waals surface area contributed by atoms with Crippen LogP contribution in [0.25, 0.3) is 0 Å². The smallest absolute Gasteiger partial charge is 0.0825 e. The van der Waals surface area contributed by atoms with Gasteiger partial charge in [-0.05, 0) is 0 Å². The maximum atomic E-state index is 5.28. The molecule has 9 heavy (non-hydrogen) atoms. The predicted octanol–water partition coefficient (Wildman–Crippen LogP) is 0.0129. The molecule has 0 amide bonds. The van der Waals surface area contributed by atoms with Crippen molar-refractivity contribution >= 4 is 0 Å². The summed E-state index contributed by atoms with van der Waals surface area (Å²) in [6.45, 7) is 2.36. The summed E-state index contributed by atoms with van der Waals surface area (Å²) in [5.41, 5.74) is 0. The number of hydrogen-bond donors (Lipinski definition) is 0. The lowest BCUT2D eigenvalue weighted by Gasteiger charge is -2.19. The highest BCUT2D eigenvalue weighted by atomic mass is 16.5. The molecule has 1 fully saturated rings. The van der Waals surface area contributed by atoms with Crippen molar-refractivity contribution in [1.82, 2.24) is 5.32 Å². The number of morpholine rings is 1. The van der Waals surface area contributed by atoms with E-state index in [0.29, 0.717) is 6.42 Å². The molecule has 0 aromatic carbocycles. The SMILES string of the molecule is C#CCC1C[N]CCO1. The van der Waals surface area contributed by atoms with Crippen LogP contribution in [0, 0.1) is 12.3 Å². The summed E-state index contributed by atoms with van der Waals surface area (Å²) < 4.78 is 5.28. The molecule has 1 unspecified atom stereocenters. The topological polar surface area (TPSA) is 23.3 Å². The molecule has 1 aliphatic heterocycles. The second-order valence-electron chi connectivity index (χ2n) is 2.03. The fourth-order valence-electron chi connectivity index (χ4n) is 0.827. The van der Waals surface area contributed by atoms with Crippen LogP contribution in [0.5, 0.6) is 0 Å². The van der Waals surface area contributed by atoms with Crippen molar-refractivity contribution in [1.29, 1.82) is 0 Å². The molecule has 0 aromatic heterocycles. The average Bonchev–Trinajstić information content (AvgIpc) is 1.91. The minimum absolute atomic E-state index is 0.198. The van der Waals surface area contributed by atoms with Crippen molar-refractivity contribution in [3.8, 4) is 12.3 Å². The minimum Gasteiger partial charge on any atom is -0.374 e. The van der Waals surface area contributed by atoms with Crippen LogP contribution in [0.4, 0.5) is 0 Å². The highest BCUT2D eigenvalue weighted by Gasteiger charge is 2.11. The van der Waals surface area contributed by atoms with Gasteiger partial charge in [-0.25, -0.2) is 5.32 Å². The average molecular weight is 124 g/mol. The van der Waals surface area contributed by atoms with Crippen LogP contribution in [0.1, 0.15) is 6.42 Å². The van der Waals surface area contributed by atoms with Gasteiger partial charge in [-0.3, -0.25) is 0 Å². The van der Waals surface area contributed by atoms with Crippen molar-refractivity contribution in [3.05, 3.63) is 0 Å². The zero-order valence-electron chi connectivity index (χ0n) is 5.34. The van der Waals surface area contributed by atoms with E-state index >= 15 is 0 Å². The van der Waals surface area contributed by atoms with Crippen molar-refractivity contribution in [3.63, 3.8) is 0 Å². The first-order chi connectivity index (χ1) is 4.43. The third-order valence-electron chi connectivity index (χ3n) is 1.28. The molecule has 1 atom stereocenters. The summed E-state index contributed by atoms with van der Waals surface area (Å²) >= 11 is 0. The van der Waals surface area contributed by atoms with Gasteiger partial charge in [0, 0.05) is 19.5 Å². The molecule has 1 rings (SSSR count). The van der Waals surface area contributed by atoms with Crippen molar-refractivity contribution < 1.29 is 4.74 Å². The normalized spacial score (nSPS) is 27.2. The van der Waals surface area contributed by atoms with Crippen LogP contribution in [0.3, 0.4) is 0 Å². The summed E-state index contributed by atoms with van der Waals surface area (Å²) in [5.74, 6) is 2.55. The van der Waals surface area contributed by atoms with Gasteiger partial charge in [0.1, 0.15) is 0 Å². The summed E-state index contributed by atoms with van der Waals surface area (Å²) in [7, 11) is 0. The molecule has 2 nitrogen and oxygen atoms in total. The quantitative estimate of drug-likeness (QED) is 0.452. The highest BCUT2D eigenvalue weighted by molar-refractivity contribution is 4.88. The first-order valence-corrected chi connectivity index (χ1v) is 3.12. The molecule has 1 heterocycles. The van der Waals surface area contributed by atoms with E-state index in [1.807, 2.05) is 0 Å². The Morgan fingerprint density at radius 2 is 2.67 bits per heavy atom. The van der Waals surface area contributed by atoms with E-state index in [9.17, 15) is 0 Å². The molecule has 0 spiro atoms. The van der Waals surface area contributed by atoms with Gasteiger partial charge in [0.2, 0.25) is 0 Å². The van der Waals surface area contributed by atoms with E-state index in [0.717, 1.165) is 19.7 Å². The number of ether oxygens (including phenoxy) is 1. The Hall–Kier alpha value is -0.520. The van der Waals surface area contributed by atoms with Gasteiger partial charge in [-0.15, -0.1) is 12.3 Å². The molecular weight excluding hydrogens is 114 g/mol. The lowest BCUT2D eigenvalue weighted by atomic mass is 10.2. The molecule has 49 valence electrons. The molecule has 2 heteroatoms. The Bertz CT molecular complexity index is 111. The second kappa shape index (κ2) is 3.49. The molecule has 0 saturated carbocycles. The largest absolute Gasteiger partial charge is 0.374 e. The number of rotatable bonds is 1. The molecule has 1 radical (unpaired) electrons. The summed E-state index contributed by atoms with van der Waals surface area (Å²) in [6, 6.07) is 0. The van der Waals surface area contributed by atoms with Gasteiger partial charge in [0.05, 0.1) is 12.7 Å². The zero-order valence-corrected chi connectivity index (χ0v) is 5.34. The van der Waals surface area contributed by atoms with Crippen LogP contribution >= 0.6 is 0 Å². The minimum atomic E-state index is 0.198. The molecule has 0 aromatic rings. The first-order valence-electron chi connectivity index (χ1n) is 3.12. The molecular formula is C7H10NO. The van der Waals surface area contributed by atoms with Crippen LogP contribution < -0.4 is 5.32 Å². The fraction of sp³-hybridized carbons (Fsp3) is 0.714. The van der Waals surface area contributed by atoms with Gasteiger partial charge >= 0.3 is 0 Å². The van der Waals surface area contributed by atoms with Crippen molar-refractivity contribution in [2.75, 3.05) is 19.7 Å². The Balaban J connectivity index is 2.17. The molecule has 0 bridgehead atoms. The third kappa shape index (κ3) is 2.05. The highest BCUT2D eigenvalue weighted by Crippen LogP contribution is 1.99. The Morgan fingerprint density at radius 1 is 1.78 bits per heavy atom. The summed E-state index contributed by atoms with van der Waals surface area (Å²) in [5, 5.41) is 4.16. The lowest BCUT2D eigenvalue weighted by molar-refractivity contribution is 0.0306. The van der Waals surface area contributed by atoms with Gasteiger partial charge in [-0.1, -0.05) is 0 Å². The number of hydrogen-bond acceptors (Lipinski definition) is 1. The predicted molar refractivity (Wildman–Crippen MR) is 35.1 cm³/mol. The van der Waals surface area contributed by atoms with E-state index in [1.165, 1.54) is 0 Å². The van der Waals surface area contributed by atoms with Crippen molar-refractivity contribution in [2.45, 2.75) is 12.5 Å². The standard InChI is InChI=1S/C7H10NO/c1-2-3-7-6-8-4-5-9-7/h1,7H,3-6H2. The maximum Gasteiger partial charge on any atom is 0.0825 e. The Labute approximate surface area is 55.6 Å². The van der Waals surface area contributed by atoms with E-state index in [2.05, 4.69) is 11.2 Å². The number of terminal acetylenes is 1. The zero-order chi connectivity index (χ0) is 6.53. The lowest BCUT2D eigenvalue weighted by Crippen LogP contribution is -2.33. The van der Waals surface area contributed by atoms with E-state index in [1.54, 1.807) is 0 Å². The Morgan fingerprint density at radius 3 is 3.22 bits per heavy atom. The van der Waals surface area contributed by atoms with Crippen LogP contribution in [0.15, 0.2) is 0 Å². The van der Waals surface area contributed by atoms with Crippen LogP contribution in [0.2, 0.25) is 0 Å². The number of nitrogens with zero attached hydrogens (tertiary/aromatic N) is 1. The van der Waals surface area contributed by atoms with Gasteiger partial charge < -0.3 is 4.74 Å². The fourth-order valence-corrected chi connectivity index (χ4v) is 0.827. The van der Waals surface area contributed by atoms with Crippen LogP contribution in [-0.4, -0.2) is 25.8 Å².